The van der Waals surface area contributed by atoms with Crippen LogP contribution in [0.25, 0.3) is 10.8 Å². The van der Waals surface area contributed by atoms with Crippen molar-refractivity contribution in [3.8, 4) is 10.8 Å². The Morgan fingerprint density at radius 1 is 1.42 bits per heavy atom. The summed E-state index contributed by atoms with van der Waals surface area (Å²) in [5.41, 5.74) is 2.65. The average molecular weight is 360 g/mol. The van der Waals surface area contributed by atoms with Gasteiger partial charge in [0.05, 0.1) is 17.6 Å². The van der Waals surface area contributed by atoms with E-state index in [1.54, 1.807) is 16.8 Å². The summed E-state index contributed by atoms with van der Waals surface area (Å²) < 4.78 is 5.87. The van der Waals surface area contributed by atoms with Gasteiger partial charge in [-0.25, -0.2) is 4.98 Å². The van der Waals surface area contributed by atoms with Gasteiger partial charge in [0, 0.05) is 11.4 Å². The van der Waals surface area contributed by atoms with Crippen molar-refractivity contribution in [3.05, 3.63) is 39.5 Å². The van der Waals surface area contributed by atoms with Crippen molar-refractivity contribution in [1.82, 2.24) is 20.1 Å². The van der Waals surface area contributed by atoms with Gasteiger partial charge in [0.1, 0.15) is 10.9 Å². The minimum absolute atomic E-state index is 0.119. The molecule has 1 atom stereocenters. The SMILES string of the molecule is Cc1ncsc1-c1nnc([C@H]2CCCN2C(=O)Cc2cccs2)o1. The quantitative estimate of drug-likeness (QED) is 0.712. The monoisotopic (exact) mass is 360 g/mol. The van der Waals surface area contributed by atoms with Crippen molar-refractivity contribution >= 4 is 28.6 Å². The number of aryl methyl sites for hydroxylation is 1. The van der Waals surface area contributed by atoms with Crippen molar-refractivity contribution < 1.29 is 9.21 Å². The minimum Gasteiger partial charge on any atom is -0.418 e. The van der Waals surface area contributed by atoms with Gasteiger partial charge in [-0.05, 0) is 31.2 Å². The number of carbonyl (C=O) groups is 1. The molecule has 0 radical (unpaired) electrons. The summed E-state index contributed by atoms with van der Waals surface area (Å²) in [6, 6.07) is 3.84. The molecule has 8 heteroatoms. The number of thiazole rings is 1. The van der Waals surface area contributed by atoms with Crippen molar-refractivity contribution in [3.63, 3.8) is 0 Å². The summed E-state index contributed by atoms with van der Waals surface area (Å²) in [5, 5.41) is 10.3. The van der Waals surface area contributed by atoms with E-state index in [4.69, 9.17) is 4.42 Å². The first-order chi connectivity index (χ1) is 11.7. The maximum atomic E-state index is 12.6. The number of thiophene rings is 1. The van der Waals surface area contributed by atoms with Gasteiger partial charge in [0.25, 0.3) is 5.89 Å². The van der Waals surface area contributed by atoms with Crippen molar-refractivity contribution in [1.29, 1.82) is 0 Å². The molecule has 0 aromatic carbocycles. The predicted molar refractivity (Wildman–Crippen MR) is 91.9 cm³/mol. The molecular weight excluding hydrogens is 344 g/mol. The Kier molecular flexibility index (Phi) is 4.15. The molecule has 1 amide bonds. The molecule has 24 heavy (non-hydrogen) atoms. The van der Waals surface area contributed by atoms with Gasteiger partial charge < -0.3 is 9.32 Å². The minimum atomic E-state index is -0.119. The first-order valence-corrected chi connectivity index (χ1v) is 9.54. The topological polar surface area (TPSA) is 72.1 Å². The molecule has 1 saturated heterocycles. The number of likely N-dealkylation sites (tertiary alicyclic amines) is 1. The van der Waals surface area contributed by atoms with Crippen LogP contribution in [-0.2, 0) is 11.2 Å². The molecule has 1 aliphatic heterocycles. The maximum absolute atomic E-state index is 12.6. The number of nitrogens with zero attached hydrogens (tertiary/aromatic N) is 4. The standard InChI is InChI=1S/C16H16N4O2S2/c1-10-14(24-9-17-10)16-19-18-15(22-16)12-5-2-6-20(12)13(21)8-11-4-3-7-23-11/h3-4,7,9,12H,2,5-6,8H2,1H3/t12-/m1/s1. The molecule has 0 bridgehead atoms. The van der Waals surface area contributed by atoms with Crippen LogP contribution < -0.4 is 0 Å². The summed E-state index contributed by atoms with van der Waals surface area (Å²) in [6.07, 6.45) is 2.25. The normalized spacial score (nSPS) is 17.5. The molecule has 1 fully saturated rings. The largest absolute Gasteiger partial charge is 0.418 e. The molecule has 0 spiro atoms. The van der Waals surface area contributed by atoms with E-state index in [0.29, 0.717) is 18.2 Å². The molecule has 1 aliphatic rings. The van der Waals surface area contributed by atoms with E-state index < -0.39 is 0 Å². The molecule has 0 aliphatic carbocycles. The van der Waals surface area contributed by atoms with Gasteiger partial charge in [-0.1, -0.05) is 6.07 Å². The van der Waals surface area contributed by atoms with Crippen LogP contribution >= 0.6 is 22.7 Å². The number of carbonyl (C=O) groups excluding carboxylic acids is 1. The molecule has 3 aromatic heterocycles. The third-order valence-electron chi connectivity index (χ3n) is 4.14. The zero-order valence-electron chi connectivity index (χ0n) is 13.1. The van der Waals surface area contributed by atoms with E-state index in [-0.39, 0.29) is 11.9 Å². The van der Waals surface area contributed by atoms with Crippen LogP contribution in [0.4, 0.5) is 0 Å². The first-order valence-electron chi connectivity index (χ1n) is 7.78. The molecule has 4 heterocycles. The smallest absolute Gasteiger partial charge is 0.259 e. The van der Waals surface area contributed by atoms with E-state index in [1.807, 2.05) is 29.3 Å². The van der Waals surface area contributed by atoms with Gasteiger partial charge in [-0.3, -0.25) is 4.79 Å². The number of rotatable bonds is 4. The highest BCUT2D eigenvalue weighted by atomic mass is 32.1. The van der Waals surface area contributed by atoms with E-state index in [1.165, 1.54) is 11.3 Å². The Balaban J connectivity index is 1.54. The Morgan fingerprint density at radius 3 is 3.08 bits per heavy atom. The molecule has 0 unspecified atom stereocenters. The second-order valence-corrected chi connectivity index (χ2v) is 7.60. The summed E-state index contributed by atoms with van der Waals surface area (Å²) in [7, 11) is 0. The number of aromatic nitrogens is 3. The number of amides is 1. The lowest BCUT2D eigenvalue weighted by atomic mass is 10.2. The highest BCUT2D eigenvalue weighted by Crippen LogP contribution is 2.34. The fourth-order valence-corrected chi connectivity index (χ4v) is 4.37. The molecular formula is C16H16N4O2S2. The molecule has 124 valence electrons. The highest BCUT2D eigenvalue weighted by molar-refractivity contribution is 7.13. The Hall–Kier alpha value is -2.06. The average Bonchev–Trinajstić information content (AvgIpc) is 3.34. The second-order valence-electron chi connectivity index (χ2n) is 5.71. The van der Waals surface area contributed by atoms with Crippen LogP contribution in [0.15, 0.2) is 27.4 Å². The van der Waals surface area contributed by atoms with Gasteiger partial charge >= 0.3 is 0 Å². The predicted octanol–water partition coefficient (Wildman–Crippen LogP) is 3.47. The molecule has 4 rings (SSSR count). The van der Waals surface area contributed by atoms with Gasteiger partial charge in [0.2, 0.25) is 11.8 Å². The first kappa shape index (κ1) is 15.5. The van der Waals surface area contributed by atoms with E-state index in [9.17, 15) is 4.79 Å². The highest BCUT2D eigenvalue weighted by Gasteiger charge is 2.34. The lowest BCUT2D eigenvalue weighted by molar-refractivity contribution is -0.131. The second kappa shape index (κ2) is 6.45. The van der Waals surface area contributed by atoms with Crippen LogP contribution in [-0.4, -0.2) is 32.5 Å². The van der Waals surface area contributed by atoms with Gasteiger partial charge in [0.15, 0.2) is 0 Å². The Labute approximate surface area is 147 Å². The molecule has 0 saturated carbocycles. The van der Waals surface area contributed by atoms with Crippen molar-refractivity contribution in [2.75, 3.05) is 6.54 Å². The summed E-state index contributed by atoms with van der Waals surface area (Å²) in [4.78, 5) is 20.7. The number of hydrogen-bond acceptors (Lipinski definition) is 7. The van der Waals surface area contributed by atoms with Gasteiger partial charge in [-0.15, -0.1) is 32.9 Å². The summed E-state index contributed by atoms with van der Waals surface area (Å²) in [6.45, 7) is 2.66. The maximum Gasteiger partial charge on any atom is 0.259 e. The third kappa shape index (κ3) is 2.87. The third-order valence-corrected chi connectivity index (χ3v) is 5.94. The van der Waals surface area contributed by atoms with Crippen LogP contribution in [0, 0.1) is 6.92 Å². The van der Waals surface area contributed by atoms with Crippen LogP contribution in [0.3, 0.4) is 0 Å². The van der Waals surface area contributed by atoms with Crippen LogP contribution in [0.1, 0.15) is 35.3 Å². The van der Waals surface area contributed by atoms with E-state index in [2.05, 4.69) is 15.2 Å². The number of hydrogen-bond donors (Lipinski definition) is 0. The van der Waals surface area contributed by atoms with Crippen molar-refractivity contribution in [2.45, 2.75) is 32.2 Å². The van der Waals surface area contributed by atoms with Crippen LogP contribution in [0.5, 0.6) is 0 Å². The fraction of sp³-hybridized carbons (Fsp3) is 0.375. The molecule has 3 aromatic rings. The Morgan fingerprint density at radius 2 is 2.33 bits per heavy atom. The lowest BCUT2D eigenvalue weighted by Gasteiger charge is -2.21. The zero-order valence-corrected chi connectivity index (χ0v) is 14.8. The fourth-order valence-electron chi connectivity index (χ4n) is 2.95. The lowest BCUT2D eigenvalue weighted by Crippen LogP contribution is -2.31. The Bertz CT molecular complexity index is 840. The van der Waals surface area contributed by atoms with E-state index >= 15 is 0 Å². The van der Waals surface area contributed by atoms with Crippen molar-refractivity contribution in [2.24, 2.45) is 0 Å². The summed E-state index contributed by atoms with van der Waals surface area (Å²) in [5.74, 6) is 1.13. The van der Waals surface area contributed by atoms with Crippen LogP contribution in [0.2, 0.25) is 0 Å². The molecule has 0 N–H and O–H groups in total. The van der Waals surface area contributed by atoms with Gasteiger partial charge in [-0.2, -0.15) is 0 Å². The van der Waals surface area contributed by atoms with E-state index in [0.717, 1.165) is 34.8 Å². The molecule has 6 nitrogen and oxygen atoms in total. The summed E-state index contributed by atoms with van der Waals surface area (Å²) >= 11 is 3.09. The zero-order chi connectivity index (χ0) is 16.5.